The molecule has 2 heterocycles. The first-order valence-corrected chi connectivity index (χ1v) is 6.69. The number of fused-ring (bicyclic) bond motifs is 3. The minimum absolute atomic E-state index is 0.000110. The van der Waals surface area contributed by atoms with Crippen LogP contribution in [0.3, 0.4) is 0 Å². The maximum Gasteiger partial charge on any atom is 0.209 e. The first kappa shape index (κ1) is 10.4. The van der Waals surface area contributed by atoms with Crippen molar-refractivity contribution in [2.24, 2.45) is 10.6 Å². The van der Waals surface area contributed by atoms with Gasteiger partial charge in [-0.15, -0.1) is 0 Å². The summed E-state index contributed by atoms with van der Waals surface area (Å²) in [4.78, 5) is 0. The van der Waals surface area contributed by atoms with Crippen LogP contribution in [-0.2, 0) is 14.8 Å². The van der Waals surface area contributed by atoms with E-state index in [1.165, 1.54) is 0 Å². The maximum absolute atomic E-state index is 11.1. The van der Waals surface area contributed by atoms with E-state index in [0.29, 0.717) is 6.61 Å². The van der Waals surface area contributed by atoms with E-state index < -0.39 is 10.0 Å². The van der Waals surface area contributed by atoms with Crippen molar-refractivity contribution in [3.63, 3.8) is 0 Å². The largest absolute Gasteiger partial charge is 0.375 e. The summed E-state index contributed by atoms with van der Waals surface area (Å²) >= 11 is 0. The molecule has 2 saturated heterocycles. The summed E-state index contributed by atoms with van der Waals surface area (Å²) in [5.74, 6) is 0.0794. The van der Waals surface area contributed by atoms with Gasteiger partial charge in [0.2, 0.25) is 10.0 Å². The van der Waals surface area contributed by atoms with Gasteiger partial charge < -0.3 is 4.74 Å². The third-order valence-corrected chi connectivity index (χ3v) is 4.62. The minimum atomic E-state index is -3.37. The van der Waals surface area contributed by atoms with Crippen molar-refractivity contribution in [1.82, 2.24) is 0 Å². The van der Waals surface area contributed by atoms with Crippen LogP contribution >= 0.6 is 0 Å². The molecule has 0 unspecified atom stereocenters. The van der Waals surface area contributed by atoms with Crippen molar-refractivity contribution in [2.75, 3.05) is 12.4 Å². The fourth-order valence-corrected chi connectivity index (χ4v) is 3.76. The molecule has 0 aromatic carbocycles. The third-order valence-electron chi connectivity index (χ3n) is 3.60. The number of nitrogens with two attached hydrogens (primary N) is 1. The second-order valence-electron chi connectivity index (χ2n) is 5.05. The molecular weight excluding hydrogens is 202 g/mol. The van der Waals surface area contributed by atoms with Gasteiger partial charge in [0.25, 0.3) is 0 Å². The Kier molecular flexibility index (Phi) is 2.18. The van der Waals surface area contributed by atoms with E-state index in [1.54, 1.807) is 0 Å². The summed E-state index contributed by atoms with van der Waals surface area (Å²) in [5, 5.41) is 5.09. The SMILES string of the molecule is CC12CCC(CS(N)(=O)=O)(CC1)CO2. The van der Waals surface area contributed by atoms with Crippen molar-refractivity contribution >= 4 is 10.0 Å². The molecule has 0 spiro atoms. The van der Waals surface area contributed by atoms with Crippen LogP contribution in [0, 0.1) is 5.41 Å². The molecule has 3 fully saturated rings. The molecule has 1 saturated carbocycles. The second-order valence-corrected chi connectivity index (χ2v) is 6.66. The number of sulfonamides is 1. The quantitative estimate of drug-likeness (QED) is 0.740. The van der Waals surface area contributed by atoms with Gasteiger partial charge in [-0.2, -0.15) is 0 Å². The van der Waals surface area contributed by atoms with Crippen molar-refractivity contribution in [3.05, 3.63) is 0 Å². The lowest BCUT2D eigenvalue weighted by Gasteiger charge is -2.51. The Labute approximate surface area is 84.9 Å². The normalized spacial score (nSPS) is 42.7. The molecule has 14 heavy (non-hydrogen) atoms. The van der Waals surface area contributed by atoms with Gasteiger partial charge in [-0.1, -0.05) is 0 Å². The van der Waals surface area contributed by atoms with Gasteiger partial charge in [-0.3, -0.25) is 0 Å². The molecule has 4 nitrogen and oxygen atoms in total. The van der Waals surface area contributed by atoms with Gasteiger partial charge in [0.1, 0.15) is 0 Å². The predicted molar refractivity (Wildman–Crippen MR) is 53.2 cm³/mol. The van der Waals surface area contributed by atoms with Gasteiger partial charge >= 0.3 is 0 Å². The minimum Gasteiger partial charge on any atom is -0.375 e. The number of hydrogen-bond acceptors (Lipinski definition) is 3. The second kappa shape index (κ2) is 2.93. The van der Waals surface area contributed by atoms with Crippen LogP contribution in [-0.4, -0.2) is 26.4 Å². The van der Waals surface area contributed by atoms with Crippen molar-refractivity contribution in [2.45, 2.75) is 38.2 Å². The number of hydrogen-bond donors (Lipinski definition) is 1. The van der Waals surface area contributed by atoms with Crippen molar-refractivity contribution in [1.29, 1.82) is 0 Å². The molecule has 2 N–H and O–H groups in total. The van der Waals surface area contributed by atoms with Crippen LogP contribution in [0.2, 0.25) is 0 Å². The molecule has 82 valence electrons. The van der Waals surface area contributed by atoms with Gasteiger partial charge in [0.15, 0.2) is 0 Å². The smallest absolute Gasteiger partial charge is 0.209 e. The van der Waals surface area contributed by atoms with E-state index in [-0.39, 0.29) is 16.8 Å². The maximum atomic E-state index is 11.1. The van der Waals surface area contributed by atoms with Crippen molar-refractivity contribution in [3.8, 4) is 0 Å². The Bertz CT molecular complexity index is 311. The zero-order chi connectivity index (χ0) is 10.4. The highest BCUT2D eigenvalue weighted by Crippen LogP contribution is 2.48. The monoisotopic (exact) mass is 219 g/mol. The zero-order valence-corrected chi connectivity index (χ0v) is 9.27. The Hall–Kier alpha value is -0.130. The first-order chi connectivity index (χ1) is 6.33. The van der Waals surface area contributed by atoms with Crippen LogP contribution in [0.25, 0.3) is 0 Å². The molecule has 2 bridgehead atoms. The van der Waals surface area contributed by atoms with Gasteiger partial charge in [0, 0.05) is 5.41 Å². The van der Waals surface area contributed by atoms with Crippen LogP contribution in [0.15, 0.2) is 0 Å². The average molecular weight is 219 g/mol. The van der Waals surface area contributed by atoms with Gasteiger partial charge in [-0.25, -0.2) is 13.6 Å². The lowest BCUT2D eigenvalue weighted by atomic mass is 9.68. The van der Waals surface area contributed by atoms with E-state index >= 15 is 0 Å². The first-order valence-electron chi connectivity index (χ1n) is 4.97. The van der Waals surface area contributed by atoms with E-state index in [1.807, 2.05) is 0 Å². The standard InChI is InChI=1S/C9H17NO3S/c1-8-2-4-9(5-3-8,6-13-8)7-14(10,11)12/h2-7H2,1H3,(H2,10,11,12). The van der Waals surface area contributed by atoms with Crippen LogP contribution in [0.4, 0.5) is 0 Å². The molecule has 3 aliphatic rings. The highest BCUT2D eigenvalue weighted by Gasteiger charge is 2.48. The van der Waals surface area contributed by atoms with Gasteiger partial charge in [-0.05, 0) is 32.6 Å². The highest BCUT2D eigenvalue weighted by atomic mass is 32.2. The summed E-state index contributed by atoms with van der Waals surface area (Å²) in [6, 6.07) is 0. The third kappa shape index (κ3) is 1.94. The fraction of sp³-hybridized carbons (Fsp3) is 1.00. The average Bonchev–Trinajstić information content (AvgIpc) is 2.05. The molecule has 0 aromatic heterocycles. The molecule has 3 rings (SSSR count). The highest BCUT2D eigenvalue weighted by molar-refractivity contribution is 7.89. The topological polar surface area (TPSA) is 69.4 Å². The van der Waals surface area contributed by atoms with Crippen LogP contribution < -0.4 is 5.14 Å². The van der Waals surface area contributed by atoms with Crippen LogP contribution in [0.5, 0.6) is 0 Å². The fourth-order valence-electron chi connectivity index (χ4n) is 2.54. The summed E-state index contributed by atoms with van der Waals surface area (Å²) < 4.78 is 27.9. The van der Waals surface area contributed by atoms with E-state index in [4.69, 9.17) is 9.88 Å². The molecule has 1 aliphatic carbocycles. The summed E-state index contributed by atoms with van der Waals surface area (Å²) in [5.41, 5.74) is -0.189. The Morgan fingerprint density at radius 3 is 2.21 bits per heavy atom. The van der Waals surface area contributed by atoms with Gasteiger partial charge in [0.05, 0.1) is 18.0 Å². The van der Waals surface area contributed by atoms with E-state index in [9.17, 15) is 8.42 Å². The molecule has 0 radical (unpaired) electrons. The zero-order valence-electron chi connectivity index (χ0n) is 8.45. The summed E-state index contributed by atoms with van der Waals surface area (Å²) in [6.45, 7) is 2.66. The summed E-state index contributed by atoms with van der Waals surface area (Å²) in [6.07, 6.45) is 3.78. The molecular formula is C9H17NO3S. The Morgan fingerprint density at radius 1 is 1.29 bits per heavy atom. The Balaban J connectivity index is 2.13. The number of ether oxygens (including phenoxy) is 1. The lowest BCUT2D eigenvalue weighted by Crippen LogP contribution is -2.52. The molecule has 2 aliphatic heterocycles. The number of rotatable bonds is 2. The predicted octanol–water partition coefficient (Wildman–Crippen LogP) is 0.624. The van der Waals surface area contributed by atoms with E-state index in [0.717, 1.165) is 25.7 Å². The van der Waals surface area contributed by atoms with Crippen LogP contribution in [0.1, 0.15) is 32.6 Å². The summed E-state index contributed by atoms with van der Waals surface area (Å²) in [7, 11) is -3.37. The molecule has 0 amide bonds. The molecule has 5 heteroatoms. The molecule has 0 atom stereocenters. The Morgan fingerprint density at radius 2 is 1.86 bits per heavy atom. The van der Waals surface area contributed by atoms with Crippen molar-refractivity contribution < 1.29 is 13.2 Å². The van der Waals surface area contributed by atoms with E-state index in [2.05, 4.69) is 6.92 Å². The lowest BCUT2D eigenvalue weighted by molar-refractivity contribution is -0.166. The number of primary sulfonamides is 1. The molecule has 0 aromatic rings.